The van der Waals surface area contributed by atoms with Gasteiger partial charge < -0.3 is 5.32 Å². The molecule has 0 amide bonds. The second-order valence-corrected chi connectivity index (χ2v) is 8.09. The molecule has 0 saturated carbocycles. The van der Waals surface area contributed by atoms with E-state index in [1.807, 2.05) is 0 Å². The van der Waals surface area contributed by atoms with Crippen LogP contribution in [-0.4, -0.2) is 30.1 Å². The highest BCUT2D eigenvalue weighted by molar-refractivity contribution is 5.18. The van der Waals surface area contributed by atoms with E-state index in [1.165, 1.54) is 11.1 Å². The summed E-state index contributed by atoms with van der Waals surface area (Å²) in [6.07, 6.45) is 1.10. The van der Waals surface area contributed by atoms with Crippen molar-refractivity contribution in [2.24, 2.45) is 5.41 Å². The van der Waals surface area contributed by atoms with Crippen LogP contribution in [0, 0.1) is 5.41 Å². The summed E-state index contributed by atoms with van der Waals surface area (Å²) in [6.45, 7) is 10.3. The molecule has 2 atom stereocenters. The van der Waals surface area contributed by atoms with E-state index in [9.17, 15) is 0 Å². The largest absolute Gasteiger partial charge is 0.311 e. The van der Waals surface area contributed by atoms with Gasteiger partial charge in [0.25, 0.3) is 0 Å². The molecule has 1 fully saturated rings. The summed E-state index contributed by atoms with van der Waals surface area (Å²) in [5.74, 6) is 0. The predicted molar refractivity (Wildman–Crippen MR) is 102 cm³/mol. The van der Waals surface area contributed by atoms with Crippen LogP contribution >= 0.6 is 0 Å². The Morgan fingerprint density at radius 3 is 2.08 bits per heavy atom. The molecule has 3 rings (SSSR count). The summed E-state index contributed by atoms with van der Waals surface area (Å²) in [6, 6.07) is 22.8. The third-order valence-corrected chi connectivity index (χ3v) is 5.05. The second-order valence-electron chi connectivity index (χ2n) is 8.09. The predicted octanol–water partition coefficient (Wildman–Crippen LogP) is 4.12. The SMILES string of the molecule is CC(C)(C)C1CNC(Cc2ccccc2)CN1Cc1ccccc1. The van der Waals surface area contributed by atoms with E-state index in [4.69, 9.17) is 0 Å². The molecule has 0 bridgehead atoms. The van der Waals surface area contributed by atoms with Crippen molar-refractivity contribution in [2.45, 2.75) is 45.8 Å². The second kappa shape index (κ2) is 7.50. The highest BCUT2D eigenvalue weighted by Crippen LogP contribution is 2.28. The zero-order valence-corrected chi connectivity index (χ0v) is 15.2. The molecule has 1 heterocycles. The van der Waals surface area contributed by atoms with E-state index >= 15 is 0 Å². The van der Waals surface area contributed by atoms with Gasteiger partial charge in [-0.25, -0.2) is 0 Å². The number of piperazine rings is 1. The summed E-state index contributed by atoms with van der Waals surface area (Å²) in [4.78, 5) is 2.68. The molecule has 128 valence electrons. The van der Waals surface area contributed by atoms with Crippen LogP contribution in [0.3, 0.4) is 0 Å². The van der Waals surface area contributed by atoms with Crippen LogP contribution in [0.1, 0.15) is 31.9 Å². The first kappa shape index (κ1) is 17.2. The van der Waals surface area contributed by atoms with Crippen LogP contribution in [0.2, 0.25) is 0 Å². The van der Waals surface area contributed by atoms with Gasteiger partial charge in [-0.3, -0.25) is 4.90 Å². The molecular weight excluding hydrogens is 292 g/mol. The summed E-state index contributed by atoms with van der Waals surface area (Å²) >= 11 is 0. The van der Waals surface area contributed by atoms with Crippen LogP contribution in [0.5, 0.6) is 0 Å². The molecule has 1 N–H and O–H groups in total. The molecule has 2 heteroatoms. The fraction of sp³-hybridized carbons (Fsp3) is 0.455. The molecule has 2 nitrogen and oxygen atoms in total. The van der Waals surface area contributed by atoms with Gasteiger partial charge in [0.15, 0.2) is 0 Å². The van der Waals surface area contributed by atoms with E-state index in [0.29, 0.717) is 12.1 Å². The Morgan fingerprint density at radius 2 is 1.50 bits per heavy atom. The average Bonchev–Trinajstić information content (AvgIpc) is 2.56. The van der Waals surface area contributed by atoms with Gasteiger partial charge in [-0.15, -0.1) is 0 Å². The number of hydrogen-bond donors (Lipinski definition) is 1. The van der Waals surface area contributed by atoms with Crippen molar-refractivity contribution in [1.29, 1.82) is 0 Å². The molecule has 1 aliphatic heterocycles. The van der Waals surface area contributed by atoms with Crippen molar-refractivity contribution in [3.63, 3.8) is 0 Å². The van der Waals surface area contributed by atoms with Crippen LogP contribution in [-0.2, 0) is 13.0 Å². The number of hydrogen-bond acceptors (Lipinski definition) is 2. The van der Waals surface area contributed by atoms with Gasteiger partial charge in [0.2, 0.25) is 0 Å². The lowest BCUT2D eigenvalue weighted by molar-refractivity contribution is 0.0493. The minimum absolute atomic E-state index is 0.277. The zero-order valence-electron chi connectivity index (χ0n) is 15.2. The van der Waals surface area contributed by atoms with E-state index in [2.05, 4.69) is 91.7 Å². The first-order valence-electron chi connectivity index (χ1n) is 9.07. The Morgan fingerprint density at radius 1 is 0.917 bits per heavy atom. The topological polar surface area (TPSA) is 15.3 Å². The van der Waals surface area contributed by atoms with Gasteiger partial charge in [0, 0.05) is 31.7 Å². The first-order valence-corrected chi connectivity index (χ1v) is 9.07. The standard InChI is InChI=1S/C22H30N2/c1-22(2,3)21-15-23-20(14-18-10-6-4-7-11-18)17-24(21)16-19-12-8-5-9-13-19/h4-13,20-21,23H,14-17H2,1-3H3. The Labute approximate surface area is 146 Å². The van der Waals surface area contributed by atoms with Crippen molar-refractivity contribution in [3.8, 4) is 0 Å². The monoisotopic (exact) mass is 322 g/mol. The Bertz CT molecular complexity index is 615. The normalized spacial score (nSPS) is 22.5. The van der Waals surface area contributed by atoms with Crippen molar-refractivity contribution >= 4 is 0 Å². The summed E-state index contributed by atoms with van der Waals surface area (Å²) in [5, 5.41) is 3.80. The highest BCUT2D eigenvalue weighted by Gasteiger charge is 2.35. The smallest absolute Gasteiger partial charge is 0.0273 e. The third-order valence-electron chi connectivity index (χ3n) is 5.05. The first-order chi connectivity index (χ1) is 11.5. The quantitative estimate of drug-likeness (QED) is 0.911. The van der Waals surface area contributed by atoms with Crippen molar-refractivity contribution < 1.29 is 0 Å². The molecule has 24 heavy (non-hydrogen) atoms. The van der Waals surface area contributed by atoms with Gasteiger partial charge in [-0.1, -0.05) is 81.4 Å². The Kier molecular flexibility index (Phi) is 5.37. The summed E-state index contributed by atoms with van der Waals surface area (Å²) < 4.78 is 0. The number of rotatable bonds is 4. The Hall–Kier alpha value is -1.64. The minimum atomic E-state index is 0.277. The van der Waals surface area contributed by atoms with E-state index in [0.717, 1.165) is 26.1 Å². The lowest BCUT2D eigenvalue weighted by Crippen LogP contribution is -2.60. The van der Waals surface area contributed by atoms with E-state index < -0.39 is 0 Å². The van der Waals surface area contributed by atoms with E-state index in [1.54, 1.807) is 0 Å². The summed E-state index contributed by atoms with van der Waals surface area (Å²) in [7, 11) is 0. The van der Waals surface area contributed by atoms with Gasteiger partial charge in [-0.05, 0) is 23.0 Å². The molecule has 1 aliphatic rings. The van der Waals surface area contributed by atoms with Gasteiger partial charge in [0.1, 0.15) is 0 Å². The Balaban J connectivity index is 1.72. The molecule has 0 aromatic heterocycles. The van der Waals surface area contributed by atoms with Crippen LogP contribution in [0.25, 0.3) is 0 Å². The molecule has 2 aromatic carbocycles. The van der Waals surface area contributed by atoms with Crippen LogP contribution in [0.4, 0.5) is 0 Å². The minimum Gasteiger partial charge on any atom is -0.311 e. The number of nitrogens with zero attached hydrogens (tertiary/aromatic N) is 1. The molecule has 2 aromatic rings. The number of nitrogens with one attached hydrogen (secondary N) is 1. The fourth-order valence-electron chi connectivity index (χ4n) is 3.76. The average molecular weight is 322 g/mol. The maximum atomic E-state index is 3.80. The van der Waals surface area contributed by atoms with Gasteiger partial charge >= 0.3 is 0 Å². The highest BCUT2D eigenvalue weighted by atomic mass is 15.2. The molecule has 1 saturated heterocycles. The van der Waals surface area contributed by atoms with E-state index in [-0.39, 0.29) is 5.41 Å². The third kappa shape index (κ3) is 4.46. The van der Waals surface area contributed by atoms with Crippen molar-refractivity contribution in [2.75, 3.05) is 13.1 Å². The molecule has 2 unspecified atom stereocenters. The molecule has 0 aliphatic carbocycles. The maximum absolute atomic E-state index is 3.80. The van der Waals surface area contributed by atoms with Crippen molar-refractivity contribution in [3.05, 3.63) is 71.8 Å². The van der Waals surface area contributed by atoms with Gasteiger partial charge in [0.05, 0.1) is 0 Å². The zero-order chi connectivity index (χ0) is 17.0. The van der Waals surface area contributed by atoms with Crippen molar-refractivity contribution in [1.82, 2.24) is 10.2 Å². The molecule has 0 radical (unpaired) electrons. The lowest BCUT2D eigenvalue weighted by Gasteiger charge is -2.46. The van der Waals surface area contributed by atoms with Crippen LogP contribution in [0.15, 0.2) is 60.7 Å². The molecule has 0 spiro atoms. The van der Waals surface area contributed by atoms with Crippen LogP contribution < -0.4 is 5.32 Å². The summed E-state index contributed by atoms with van der Waals surface area (Å²) in [5.41, 5.74) is 3.11. The fourth-order valence-corrected chi connectivity index (χ4v) is 3.76. The maximum Gasteiger partial charge on any atom is 0.0273 e. The van der Waals surface area contributed by atoms with Gasteiger partial charge in [-0.2, -0.15) is 0 Å². The lowest BCUT2D eigenvalue weighted by atomic mass is 9.83. The molecular formula is C22H30N2. The number of benzene rings is 2.